The fourth-order valence-electron chi connectivity index (χ4n) is 2.17. The minimum atomic E-state index is 0.0937. The largest absolute Gasteiger partial charge is 0.336 e. The van der Waals surface area contributed by atoms with E-state index in [1.165, 1.54) is 0 Å². The number of nitrogens with zero attached hydrogens (tertiary/aromatic N) is 4. The molecule has 1 unspecified atom stereocenters. The minimum absolute atomic E-state index is 0.0937. The molecule has 0 saturated carbocycles. The highest BCUT2D eigenvalue weighted by Gasteiger charge is 2.21. The Kier molecular flexibility index (Phi) is 3.81. The molecule has 0 aliphatic carbocycles. The van der Waals surface area contributed by atoms with Crippen LogP contribution in [-0.2, 0) is 14.1 Å². The third-order valence-electron chi connectivity index (χ3n) is 3.05. The zero-order chi connectivity index (χ0) is 13.1. The summed E-state index contributed by atoms with van der Waals surface area (Å²) in [6, 6.07) is 2.21. The molecule has 0 spiro atoms. The van der Waals surface area contributed by atoms with Crippen molar-refractivity contribution < 1.29 is 0 Å². The second-order valence-electron chi connectivity index (χ2n) is 4.62. The Morgan fingerprint density at radius 1 is 1.39 bits per heavy atom. The van der Waals surface area contributed by atoms with E-state index in [9.17, 15) is 0 Å². The second kappa shape index (κ2) is 5.35. The van der Waals surface area contributed by atoms with Gasteiger partial charge in [0.05, 0.1) is 11.4 Å². The van der Waals surface area contributed by atoms with Crippen molar-refractivity contribution >= 4 is 0 Å². The third kappa shape index (κ3) is 2.46. The number of hydrogen-bond donors (Lipinski definition) is 1. The number of aromatic nitrogens is 4. The SMILES string of the molecule is CCCNC(c1nccn1C)c1cc(C)nn1C. The fraction of sp³-hybridized carbons (Fsp3) is 0.538. The molecule has 0 saturated heterocycles. The molecule has 0 bridgehead atoms. The van der Waals surface area contributed by atoms with Crippen molar-refractivity contribution in [3.63, 3.8) is 0 Å². The van der Waals surface area contributed by atoms with Crippen LogP contribution in [-0.4, -0.2) is 25.9 Å². The summed E-state index contributed by atoms with van der Waals surface area (Å²) in [6.07, 6.45) is 4.90. The molecule has 0 amide bonds. The summed E-state index contributed by atoms with van der Waals surface area (Å²) in [7, 11) is 4.00. The van der Waals surface area contributed by atoms with Crippen molar-refractivity contribution in [2.24, 2.45) is 14.1 Å². The average Bonchev–Trinajstić information content (AvgIpc) is 2.87. The van der Waals surface area contributed by atoms with Gasteiger partial charge in [0.25, 0.3) is 0 Å². The van der Waals surface area contributed by atoms with Gasteiger partial charge in [0.15, 0.2) is 0 Å². The maximum absolute atomic E-state index is 4.46. The van der Waals surface area contributed by atoms with Gasteiger partial charge in [-0.25, -0.2) is 4.98 Å². The van der Waals surface area contributed by atoms with Crippen LogP contribution in [0.5, 0.6) is 0 Å². The molecule has 5 nitrogen and oxygen atoms in total. The zero-order valence-electron chi connectivity index (χ0n) is 11.5. The smallest absolute Gasteiger partial charge is 0.131 e. The van der Waals surface area contributed by atoms with E-state index in [0.717, 1.165) is 30.2 Å². The number of imidazole rings is 1. The summed E-state index contributed by atoms with van der Waals surface area (Å²) in [5.74, 6) is 1.02. The predicted octanol–water partition coefficient (Wildman–Crippen LogP) is 1.55. The molecule has 2 aromatic heterocycles. The van der Waals surface area contributed by atoms with Crippen LogP contribution in [0, 0.1) is 6.92 Å². The summed E-state index contributed by atoms with van der Waals surface area (Å²) in [5, 5.41) is 7.96. The predicted molar refractivity (Wildman–Crippen MR) is 71.3 cm³/mol. The Labute approximate surface area is 108 Å². The molecule has 2 heterocycles. The molecule has 0 fully saturated rings. The third-order valence-corrected chi connectivity index (χ3v) is 3.05. The van der Waals surface area contributed by atoms with Crippen molar-refractivity contribution in [1.29, 1.82) is 0 Å². The first-order chi connectivity index (χ1) is 8.63. The Morgan fingerprint density at radius 3 is 2.67 bits per heavy atom. The van der Waals surface area contributed by atoms with E-state index >= 15 is 0 Å². The first-order valence-electron chi connectivity index (χ1n) is 6.34. The van der Waals surface area contributed by atoms with Gasteiger partial charge < -0.3 is 9.88 Å². The quantitative estimate of drug-likeness (QED) is 0.872. The van der Waals surface area contributed by atoms with E-state index in [2.05, 4.69) is 33.0 Å². The van der Waals surface area contributed by atoms with Crippen LogP contribution >= 0.6 is 0 Å². The van der Waals surface area contributed by atoms with Gasteiger partial charge in [-0.2, -0.15) is 5.10 Å². The van der Waals surface area contributed by atoms with Crippen LogP contribution in [0.3, 0.4) is 0 Å². The van der Waals surface area contributed by atoms with E-state index in [1.54, 1.807) is 0 Å². The molecule has 2 aromatic rings. The number of hydrogen-bond acceptors (Lipinski definition) is 3. The summed E-state index contributed by atoms with van der Waals surface area (Å²) in [4.78, 5) is 4.46. The summed E-state index contributed by atoms with van der Waals surface area (Å²) < 4.78 is 3.98. The molecule has 0 aliphatic heterocycles. The molecule has 18 heavy (non-hydrogen) atoms. The topological polar surface area (TPSA) is 47.7 Å². The average molecular weight is 247 g/mol. The highest BCUT2D eigenvalue weighted by molar-refractivity contribution is 5.20. The lowest BCUT2D eigenvalue weighted by Gasteiger charge is -2.18. The molecule has 98 valence electrons. The Balaban J connectivity index is 2.37. The highest BCUT2D eigenvalue weighted by Crippen LogP contribution is 2.20. The van der Waals surface area contributed by atoms with Gasteiger partial charge >= 0.3 is 0 Å². The van der Waals surface area contributed by atoms with Gasteiger partial charge in [-0.15, -0.1) is 0 Å². The summed E-state index contributed by atoms with van der Waals surface area (Å²) in [5.41, 5.74) is 2.18. The van der Waals surface area contributed by atoms with E-state index in [-0.39, 0.29) is 6.04 Å². The number of nitrogens with one attached hydrogen (secondary N) is 1. The molecule has 0 radical (unpaired) electrons. The maximum atomic E-state index is 4.46. The van der Waals surface area contributed by atoms with Crippen LogP contribution in [0.15, 0.2) is 18.5 Å². The minimum Gasteiger partial charge on any atom is -0.336 e. The number of rotatable bonds is 5. The molecule has 5 heteroatoms. The van der Waals surface area contributed by atoms with Gasteiger partial charge in [0.2, 0.25) is 0 Å². The van der Waals surface area contributed by atoms with E-state index in [1.807, 2.05) is 38.1 Å². The van der Waals surface area contributed by atoms with Gasteiger partial charge in [0.1, 0.15) is 11.9 Å². The Morgan fingerprint density at radius 2 is 2.17 bits per heavy atom. The lowest BCUT2D eigenvalue weighted by molar-refractivity contribution is 0.519. The molecule has 1 atom stereocenters. The van der Waals surface area contributed by atoms with Crippen molar-refractivity contribution in [2.75, 3.05) is 6.54 Å². The number of aryl methyl sites for hydroxylation is 3. The monoisotopic (exact) mass is 247 g/mol. The lowest BCUT2D eigenvalue weighted by Crippen LogP contribution is -2.27. The lowest BCUT2D eigenvalue weighted by atomic mass is 10.1. The fourth-order valence-corrected chi connectivity index (χ4v) is 2.17. The first kappa shape index (κ1) is 12.8. The van der Waals surface area contributed by atoms with Crippen LogP contribution in [0.25, 0.3) is 0 Å². The van der Waals surface area contributed by atoms with Crippen molar-refractivity contribution in [3.8, 4) is 0 Å². The molecule has 0 aliphatic rings. The molecule has 0 aromatic carbocycles. The molecule has 1 N–H and O–H groups in total. The second-order valence-corrected chi connectivity index (χ2v) is 4.62. The molecular weight excluding hydrogens is 226 g/mol. The Hall–Kier alpha value is -1.62. The van der Waals surface area contributed by atoms with Gasteiger partial charge in [-0.1, -0.05) is 6.92 Å². The Bertz CT molecular complexity index is 511. The van der Waals surface area contributed by atoms with E-state index in [4.69, 9.17) is 0 Å². The van der Waals surface area contributed by atoms with E-state index < -0.39 is 0 Å². The van der Waals surface area contributed by atoms with Crippen LogP contribution in [0.2, 0.25) is 0 Å². The maximum Gasteiger partial charge on any atom is 0.131 e. The normalized spacial score (nSPS) is 12.9. The molecular formula is C13H21N5. The first-order valence-corrected chi connectivity index (χ1v) is 6.34. The van der Waals surface area contributed by atoms with Crippen LogP contribution in [0.4, 0.5) is 0 Å². The van der Waals surface area contributed by atoms with Crippen LogP contribution < -0.4 is 5.32 Å². The van der Waals surface area contributed by atoms with Crippen molar-refractivity contribution in [2.45, 2.75) is 26.3 Å². The summed E-state index contributed by atoms with van der Waals surface area (Å²) in [6.45, 7) is 5.14. The zero-order valence-corrected chi connectivity index (χ0v) is 11.5. The summed E-state index contributed by atoms with van der Waals surface area (Å²) >= 11 is 0. The van der Waals surface area contributed by atoms with Gasteiger partial charge in [0, 0.05) is 26.5 Å². The van der Waals surface area contributed by atoms with Gasteiger partial charge in [-0.05, 0) is 26.0 Å². The van der Waals surface area contributed by atoms with Crippen molar-refractivity contribution in [3.05, 3.63) is 35.7 Å². The van der Waals surface area contributed by atoms with Gasteiger partial charge in [-0.3, -0.25) is 4.68 Å². The van der Waals surface area contributed by atoms with Crippen molar-refractivity contribution in [1.82, 2.24) is 24.6 Å². The standard InChI is InChI=1S/C13H21N5/c1-5-6-14-12(13-15-7-8-17(13)3)11-9-10(2)16-18(11)4/h7-9,12,14H,5-6H2,1-4H3. The highest BCUT2D eigenvalue weighted by atomic mass is 15.3. The van der Waals surface area contributed by atoms with Crippen LogP contribution in [0.1, 0.15) is 36.6 Å². The van der Waals surface area contributed by atoms with E-state index in [0.29, 0.717) is 0 Å². The molecule has 2 rings (SSSR count).